The number of carboxylic acid groups (broad SMARTS) is 1. The highest BCUT2D eigenvalue weighted by atomic mass is 16.4. The van der Waals surface area contributed by atoms with E-state index in [1.807, 2.05) is 13.8 Å². The van der Waals surface area contributed by atoms with E-state index in [0.717, 1.165) is 0 Å². The van der Waals surface area contributed by atoms with E-state index in [2.05, 4.69) is 15.5 Å². The maximum atomic E-state index is 10.9. The van der Waals surface area contributed by atoms with E-state index in [-0.39, 0.29) is 18.4 Å². The first-order valence-corrected chi connectivity index (χ1v) is 5.63. The topological polar surface area (TPSA) is 94.0 Å². The molecule has 2 aromatic rings. The lowest BCUT2D eigenvalue weighted by atomic mass is 10.0. The Labute approximate surface area is 103 Å². The fourth-order valence-corrected chi connectivity index (χ4v) is 1.77. The van der Waals surface area contributed by atoms with Crippen molar-refractivity contribution >= 4 is 5.97 Å². The zero-order valence-corrected chi connectivity index (χ0v) is 10.1. The minimum atomic E-state index is -0.880. The van der Waals surface area contributed by atoms with E-state index >= 15 is 0 Å². The van der Waals surface area contributed by atoms with Gasteiger partial charge in [-0.1, -0.05) is 13.8 Å². The maximum absolute atomic E-state index is 10.9. The molecule has 0 fully saturated rings. The first-order valence-electron chi connectivity index (χ1n) is 5.63. The van der Waals surface area contributed by atoms with Gasteiger partial charge in [0.1, 0.15) is 0 Å². The van der Waals surface area contributed by atoms with Crippen molar-refractivity contribution < 1.29 is 14.3 Å². The molecule has 0 aliphatic carbocycles. The minimum absolute atomic E-state index is 0.0313. The van der Waals surface area contributed by atoms with E-state index in [9.17, 15) is 4.79 Å². The van der Waals surface area contributed by atoms with Crippen LogP contribution in [0.2, 0.25) is 0 Å². The molecule has 7 heteroatoms. The van der Waals surface area contributed by atoms with Crippen LogP contribution in [0.15, 0.2) is 22.8 Å². The number of hydrogen-bond donors (Lipinski definition) is 1. The molecule has 2 rings (SSSR count). The summed E-state index contributed by atoms with van der Waals surface area (Å²) in [5.41, 5.74) is 0. The molecule has 0 bridgehead atoms. The summed E-state index contributed by atoms with van der Waals surface area (Å²) in [5.74, 6) is 0.184. The van der Waals surface area contributed by atoms with Gasteiger partial charge in [-0.15, -0.1) is 5.10 Å². The smallest absolute Gasteiger partial charge is 0.305 e. The standard InChI is InChI=1S/C11H14N4O3/c1-7(2)8(6-10(16)17)15-11(12-13-14-15)9-4-3-5-18-9/h3-5,7-8H,6H2,1-2H3,(H,16,17). The summed E-state index contributed by atoms with van der Waals surface area (Å²) < 4.78 is 6.75. The molecule has 2 heterocycles. The van der Waals surface area contributed by atoms with Gasteiger partial charge in [0.15, 0.2) is 5.76 Å². The first-order chi connectivity index (χ1) is 8.59. The van der Waals surface area contributed by atoms with Gasteiger partial charge in [0, 0.05) is 0 Å². The van der Waals surface area contributed by atoms with Crippen LogP contribution in [-0.4, -0.2) is 31.3 Å². The zero-order chi connectivity index (χ0) is 13.1. The molecule has 7 nitrogen and oxygen atoms in total. The second-order valence-electron chi connectivity index (χ2n) is 4.33. The van der Waals surface area contributed by atoms with Crippen LogP contribution in [-0.2, 0) is 4.79 Å². The molecule has 1 atom stereocenters. The number of nitrogens with zero attached hydrogens (tertiary/aromatic N) is 4. The zero-order valence-electron chi connectivity index (χ0n) is 10.1. The summed E-state index contributed by atoms with van der Waals surface area (Å²) in [5, 5.41) is 20.3. The normalized spacial score (nSPS) is 12.8. The van der Waals surface area contributed by atoms with Crippen LogP contribution in [0.1, 0.15) is 26.3 Å². The van der Waals surface area contributed by atoms with Gasteiger partial charge in [-0.25, -0.2) is 4.68 Å². The molecule has 0 aromatic carbocycles. The van der Waals surface area contributed by atoms with Crippen molar-refractivity contribution in [1.29, 1.82) is 0 Å². The molecule has 0 amide bonds. The van der Waals surface area contributed by atoms with E-state index in [1.54, 1.807) is 12.1 Å². The van der Waals surface area contributed by atoms with Crippen LogP contribution < -0.4 is 0 Å². The minimum Gasteiger partial charge on any atom is -0.481 e. The lowest BCUT2D eigenvalue weighted by Gasteiger charge is -2.19. The van der Waals surface area contributed by atoms with Gasteiger partial charge in [0.25, 0.3) is 0 Å². The average molecular weight is 250 g/mol. The lowest BCUT2D eigenvalue weighted by Crippen LogP contribution is -2.21. The Kier molecular flexibility index (Phi) is 3.40. The Morgan fingerprint density at radius 1 is 1.56 bits per heavy atom. The third-order valence-electron chi connectivity index (χ3n) is 2.70. The van der Waals surface area contributed by atoms with Crippen molar-refractivity contribution in [3.8, 4) is 11.6 Å². The molecule has 1 unspecified atom stereocenters. The van der Waals surface area contributed by atoms with Crippen LogP contribution in [0.4, 0.5) is 0 Å². The Balaban J connectivity index is 2.37. The average Bonchev–Trinajstić information content (AvgIpc) is 2.95. The summed E-state index contributed by atoms with van der Waals surface area (Å²) >= 11 is 0. The van der Waals surface area contributed by atoms with Gasteiger partial charge < -0.3 is 9.52 Å². The first kappa shape index (κ1) is 12.3. The Hall–Kier alpha value is -2.18. The number of rotatable bonds is 5. The number of carbonyl (C=O) groups is 1. The number of aromatic nitrogens is 4. The van der Waals surface area contributed by atoms with E-state index < -0.39 is 5.97 Å². The van der Waals surface area contributed by atoms with Gasteiger partial charge in [-0.05, 0) is 28.5 Å². The third kappa shape index (κ3) is 2.39. The van der Waals surface area contributed by atoms with Crippen LogP contribution >= 0.6 is 0 Å². The van der Waals surface area contributed by atoms with Crippen molar-refractivity contribution in [3.63, 3.8) is 0 Å². The predicted octanol–water partition coefficient (Wildman–Crippen LogP) is 1.60. The summed E-state index contributed by atoms with van der Waals surface area (Å²) in [6.45, 7) is 3.86. The van der Waals surface area contributed by atoms with Crippen molar-refractivity contribution in [2.45, 2.75) is 26.3 Å². The van der Waals surface area contributed by atoms with Gasteiger partial charge in [-0.3, -0.25) is 4.79 Å². The number of furan rings is 1. The van der Waals surface area contributed by atoms with E-state index in [4.69, 9.17) is 9.52 Å². The molecular formula is C11H14N4O3. The fourth-order valence-electron chi connectivity index (χ4n) is 1.77. The number of hydrogen-bond acceptors (Lipinski definition) is 5. The monoisotopic (exact) mass is 250 g/mol. The fraction of sp³-hybridized carbons (Fsp3) is 0.455. The maximum Gasteiger partial charge on any atom is 0.305 e. The van der Waals surface area contributed by atoms with E-state index in [0.29, 0.717) is 11.6 Å². The molecular weight excluding hydrogens is 236 g/mol. The van der Waals surface area contributed by atoms with Gasteiger partial charge in [0.2, 0.25) is 5.82 Å². The molecule has 18 heavy (non-hydrogen) atoms. The lowest BCUT2D eigenvalue weighted by molar-refractivity contribution is -0.138. The summed E-state index contributed by atoms with van der Waals surface area (Å²) in [6.07, 6.45) is 1.49. The second kappa shape index (κ2) is 4.99. The Morgan fingerprint density at radius 2 is 2.33 bits per heavy atom. The molecule has 0 saturated heterocycles. The molecule has 0 radical (unpaired) electrons. The number of carboxylic acids is 1. The SMILES string of the molecule is CC(C)C(CC(=O)O)n1nnnc1-c1ccco1. The second-order valence-corrected chi connectivity index (χ2v) is 4.33. The highest BCUT2D eigenvalue weighted by molar-refractivity contribution is 5.67. The molecule has 1 N–H and O–H groups in total. The molecule has 96 valence electrons. The van der Waals surface area contributed by atoms with Crippen molar-refractivity contribution in [2.75, 3.05) is 0 Å². The number of tetrazole rings is 1. The predicted molar refractivity (Wildman–Crippen MR) is 61.6 cm³/mol. The summed E-state index contributed by atoms with van der Waals surface area (Å²) in [6, 6.07) is 3.16. The molecule has 2 aromatic heterocycles. The van der Waals surface area contributed by atoms with Gasteiger partial charge >= 0.3 is 5.97 Å². The Morgan fingerprint density at radius 3 is 2.89 bits per heavy atom. The summed E-state index contributed by atoms with van der Waals surface area (Å²) in [4.78, 5) is 10.9. The van der Waals surface area contributed by atoms with Crippen molar-refractivity contribution in [1.82, 2.24) is 20.2 Å². The van der Waals surface area contributed by atoms with Crippen LogP contribution in [0, 0.1) is 5.92 Å². The van der Waals surface area contributed by atoms with Gasteiger partial charge in [-0.2, -0.15) is 0 Å². The quantitative estimate of drug-likeness (QED) is 0.866. The highest BCUT2D eigenvalue weighted by Crippen LogP contribution is 2.26. The molecule has 0 aliphatic rings. The molecule has 0 aliphatic heterocycles. The Bertz CT molecular complexity index is 518. The third-order valence-corrected chi connectivity index (χ3v) is 2.70. The molecule has 0 saturated carbocycles. The van der Waals surface area contributed by atoms with Crippen molar-refractivity contribution in [3.05, 3.63) is 18.4 Å². The number of aliphatic carboxylic acids is 1. The van der Waals surface area contributed by atoms with Crippen LogP contribution in [0.5, 0.6) is 0 Å². The van der Waals surface area contributed by atoms with Crippen LogP contribution in [0.25, 0.3) is 11.6 Å². The van der Waals surface area contributed by atoms with Crippen molar-refractivity contribution in [2.24, 2.45) is 5.92 Å². The molecule has 0 spiro atoms. The largest absolute Gasteiger partial charge is 0.481 e. The van der Waals surface area contributed by atoms with Gasteiger partial charge in [0.05, 0.1) is 18.7 Å². The highest BCUT2D eigenvalue weighted by Gasteiger charge is 2.25. The van der Waals surface area contributed by atoms with Crippen LogP contribution in [0.3, 0.4) is 0 Å². The summed E-state index contributed by atoms with van der Waals surface area (Å²) in [7, 11) is 0. The van der Waals surface area contributed by atoms with E-state index in [1.165, 1.54) is 10.9 Å².